The van der Waals surface area contributed by atoms with Crippen molar-refractivity contribution in [1.82, 2.24) is 10.3 Å². The van der Waals surface area contributed by atoms with Gasteiger partial charge < -0.3 is 5.32 Å². The first-order chi connectivity index (χ1) is 7.25. The van der Waals surface area contributed by atoms with Crippen molar-refractivity contribution in [1.29, 1.82) is 5.26 Å². The molecular weight excluding hydrogens is 214 g/mol. The van der Waals surface area contributed by atoms with Crippen molar-refractivity contribution in [2.45, 2.75) is 12.8 Å². The van der Waals surface area contributed by atoms with Gasteiger partial charge in [-0.15, -0.1) is 0 Å². The number of rotatable bonds is 4. The Bertz CT molecular complexity index is 386. The maximum atomic E-state index is 11.5. The van der Waals surface area contributed by atoms with Crippen molar-refractivity contribution >= 4 is 17.5 Å². The largest absolute Gasteiger partial charge is 0.352 e. The number of pyridine rings is 1. The first-order valence-electron chi connectivity index (χ1n) is 4.50. The molecule has 0 aliphatic rings. The molecule has 1 heterocycles. The summed E-state index contributed by atoms with van der Waals surface area (Å²) in [6, 6.07) is 3.56. The molecule has 4 nitrogen and oxygen atoms in total. The number of halogens is 1. The van der Waals surface area contributed by atoms with E-state index in [9.17, 15) is 4.79 Å². The summed E-state index contributed by atoms with van der Waals surface area (Å²) < 4.78 is 0. The number of carbonyl (C=O) groups is 1. The summed E-state index contributed by atoms with van der Waals surface area (Å²) in [6.07, 6.45) is 4.01. The van der Waals surface area contributed by atoms with Gasteiger partial charge in [0.25, 0.3) is 5.91 Å². The fourth-order valence-electron chi connectivity index (χ4n) is 1.01. The zero-order chi connectivity index (χ0) is 11.1. The lowest BCUT2D eigenvalue weighted by Gasteiger charge is -2.04. The number of aromatic nitrogens is 1. The molecule has 5 heteroatoms. The van der Waals surface area contributed by atoms with Gasteiger partial charge in [-0.1, -0.05) is 11.6 Å². The van der Waals surface area contributed by atoms with E-state index in [4.69, 9.17) is 16.9 Å². The van der Waals surface area contributed by atoms with Gasteiger partial charge in [0.05, 0.1) is 16.7 Å². The Kier molecular flexibility index (Phi) is 4.58. The summed E-state index contributed by atoms with van der Waals surface area (Å²) in [5.41, 5.74) is 0.358. The van der Waals surface area contributed by atoms with E-state index >= 15 is 0 Å². The monoisotopic (exact) mass is 223 g/mol. The van der Waals surface area contributed by atoms with Crippen molar-refractivity contribution in [2.75, 3.05) is 6.54 Å². The molecule has 78 valence electrons. The SMILES string of the molecule is N#CCCCNC(=O)c1cnccc1Cl. The minimum Gasteiger partial charge on any atom is -0.352 e. The van der Waals surface area contributed by atoms with Gasteiger partial charge in [0.2, 0.25) is 0 Å². The van der Waals surface area contributed by atoms with Crippen molar-refractivity contribution in [3.8, 4) is 6.07 Å². The highest BCUT2D eigenvalue weighted by molar-refractivity contribution is 6.33. The number of nitrogens with zero attached hydrogens (tertiary/aromatic N) is 2. The number of unbranched alkanes of at least 4 members (excludes halogenated alkanes) is 1. The highest BCUT2D eigenvalue weighted by Gasteiger charge is 2.08. The third-order valence-electron chi connectivity index (χ3n) is 1.76. The first kappa shape index (κ1) is 11.5. The molecule has 0 unspecified atom stereocenters. The van der Waals surface area contributed by atoms with Crippen LogP contribution in [-0.4, -0.2) is 17.4 Å². The topological polar surface area (TPSA) is 65.8 Å². The summed E-state index contributed by atoms with van der Waals surface area (Å²) in [4.78, 5) is 15.3. The molecular formula is C10H10ClN3O. The van der Waals surface area contributed by atoms with Crippen LogP contribution in [0.4, 0.5) is 0 Å². The smallest absolute Gasteiger partial charge is 0.254 e. The standard InChI is InChI=1S/C10H10ClN3O/c11-9-3-6-13-7-8(9)10(15)14-5-2-1-4-12/h3,6-7H,1-2,5H2,(H,14,15). The Morgan fingerprint density at radius 1 is 1.67 bits per heavy atom. The molecule has 1 N–H and O–H groups in total. The predicted molar refractivity (Wildman–Crippen MR) is 56.4 cm³/mol. The average molecular weight is 224 g/mol. The van der Waals surface area contributed by atoms with E-state index < -0.39 is 0 Å². The van der Waals surface area contributed by atoms with Gasteiger partial charge in [0.1, 0.15) is 0 Å². The third-order valence-corrected chi connectivity index (χ3v) is 2.09. The van der Waals surface area contributed by atoms with Gasteiger partial charge in [-0.3, -0.25) is 9.78 Å². The van der Waals surface area contributed by atoms with Crippen LogP contribution >= 0.6 is 11.6 Å². The quantitative estimate of drug-likeness (QED) is 0.792. The Hall–Kier alpha value is -1.60. The van der Waals surface area contributed by atoms with E-state index in [1.54, 1.807) is 6.07 Å². The minimum absolute atomic E-state index is 0.258. The summed E-state index contributed by atoms with van der Waals surface area (Å²) in [7, 11) is 0. The second kappa shape index (κ2) is 5.99. The molecule has 0 aliphatic heterocycles. The van der Waals surface area contributed by atoms with Gasteiger partial charge in [0, 0.05) is 25.4 Å². The molecule has 1 aromatic rings. The molecule has 1 aromatic heterocycles. The second-order valence-corrected chi connectivity index (χ2v) is 3.28. The van der Waals surface area contributed by atoms with Gasteiger partial charge in [-0.25, -0.2) is 0 Å². The lowest BCUT2D eigenvalue weighted by molar-refractivity contribution is 0.0953. The van der Waals surface area contributed by atoms with Crippen LogP contribution < -0.4 is 5.32 Å². The van der Waals surface area contributed by atoms with E-state index in [-0.39, 0.29) is 5.91 Å². The summed E-state index contributed by atoms with van der Waals surface area (Å²) >= 11 is 5.81. The fraction of sp³-hybridized carbons (Fsp3) is 0.300. The maximum Gasteiger partial charge on any atom is 0.254 e. The van der Waals surface area contributed by atoms with Crippen LogP contribution in [0, 0.1) is 11.3 Å². The highest BCUT2D eigenvalue weighted by atomic mass is 35.5. The number of amides is 1. The predicted octanol–water partition coefficient (Wildman–Crippen LogP) is 1.77. The van der Waals surface area contributed by atoms with E-state index in [1.807, 2.05) is 6.07 Å². The normalized spacial score (nSPS) is 9.33. The summed E-state index contributed by atoms with van der Waals surface area (Å²) in [5, 5.41) is 11.3. The molecule has 0 aromatic carbocycles. The first-order valence-corrected chi connectivity index (χ1v) is 4.88. The van der Waals surface area contributed by atoms with Crippen LogP contribution in [0.25, 0.3) is 0 Å². The Balaban J connectivity index is 2.48. The lowest BCUT2D eigenvalue weighted by Crippen LogP contribution is -2.24. The van der Waals surface area contributed by atoms with E-state index in [0.29, 0.717) is 30.0 Å². The van der Waals surface area contributed by atoms with Crippen molar-refractivity contribution in [3.63, 3.8) is 0 Å². The molecule has 1 rings (SSSR count). The molecule has 1 amide bonds. The van der Waals surface area contributed by atoms with Crippen LogP contribution in [0.15, 0.2) is 18.5 Å². The molecule has 0 spiro atoms. The number of nitriles is 1. The van der Waals surface area contributed by atoms with E-state index in [2.05, 4.69) is 10.3 Å². The molecule has 0 radical (unpaired) electrons. The fourth-order valence-corrected chi connectivity index (χ4v) is 1.20. The van der Waals surface area contributed by atoms with Crippen LogP contribution in [0.1, 0.15) is 23.2 Å². The Morgan fingerprint density at radius 2 is 2.47 bits per heavy atom. The molecule has 0 bridgehead atoms. The Morgan fingerprint density at radius 3 is 3.13 bits per heavy atom. The van der Waals surface area contributed by atoms with E-state index in [1.165, 1.54) is 12.4 Å². The molecule has 0 fully saturated rings. The van der Waals surface area contributed by atoms with Gasteiger partial charge >= 0.3 is 0 Å². The maximum absolute atomic E-state index is 11.5. The van der Waals surface area contributed by atoms with Gasteiger partial charge in [-0.05, 0) is 12.5 Å². The third kappa shape index (κ3) is 3.56. The Labute approximate surface area is 92.9 Å². The van der Waals surface area contributed by atoms with Crippen LogP contribution in [0.5, 0.6) is 0 Å². The molecule has 0 saturated heterocycles. The highest BCUT2D eigenvalue weighted by Crippen LogP contribution is 2.12. The van der Waals surface area contributed by atoms with Crippen LogP contribution in [0.2, 0.25) is 5.02 Å². The average Bonchev–Trinajstić information content (AvgIpc) is 2.25. The van der Waals surface area contributed by atoms with Gasteiger partial charge in [-0.2, -0.15) is 5.26 Å². The molecule has 15 heavy (non-hydrogen) atoms. The van der Waals surface area contributed by atoms with Crippen molar-refractivity contribution in [2.24, 2.45) is 0 Å². The minimum atomic E-state index is -0.258. The van der Waals surface area contributed by atoms with Crippen molar-refractivity contribution in [3.05, 3.63) is 29.0 Å². The number of carbonyl (C=O) groups excluding carboxylic acids is 1. The van der Waals surface area contributed by atoms with Crippen LogP contribution in [0.3, 0.4) is 0 Å². The zero-order valence-corrected chi connectivity index (χ0v) is 8.79. The molecule has 0 saturated carbocycles. The summed E-state index contributed by atoms with van der Waals surface area (Å²) in [5.74, 6) is -0.258. The van der Waals surface area contributed by atoms with E-state index in [0.717, 1.165) is 0 Å². The molecule has 0 aliphatic carbocycles. The lowest BCUT2D eigenvalue weighted by atomic mass is 10.2. The second-order valence-electron chi connectivity index (χ2n) is 2.87. The zero-order valence-electron chi connectivity index (χ0n) is 8.03. The number of hydrogen-bond acceptors (Lipinski definition) is 3. The molecule has 0 atom stereocenters. The van der Waals surface area contributed by atoms with Crippen LogP contribution in [-0.2, 0) is 0 Å². The van der Waals surface area contributed by atoms with Gasteiger partial charge in [0.15, 0.2) is 0 Å². The number of nitrogens with one attached hydrogen (secondary N) is 1. The number of hydrogen-bond donors (Lipinski definition) is 1. The van der Waals surface area contributed by atoms with Crippen molar-refractivity contribution < 1.29 is 4.79 Å². The summed E-state index contributed by atoms with van der Waals surface area (Å²) in [6.45, 7) is 0.470.